The third kappa shape index (κ3) is 3.54. The van der Waals surface area contributed by atoms with Crippen molar-refractivity contribution in [1.29, 1.82) is 0 Å². The Morgan fingerprint density at radius 2 is 1.80 bits per heavy atom. The number of benzene rings is 1. The van der Waals surface area contributed by atoms with E-state index in [1.165, 1.54) is 0 Å². The third-order valence-corrected chi connectivity index (χ3v) is 1.99. The van der Waals surface area contributed by atoms with Crippen LogP contribution in [0.1, 0.15) is 5.56 Å². The normalized spacial score (nSPS) is 7.70. The van der Waals surface area contributed by atoms with Crippen molar-refractivity contribution in [2.24, 2.45) is 0 Å². The minimum absolute atomic E-state index is 0. The molecule has 0 heterocycles. The zero-order valence-corrected chi connectivity index (χ0v) is 8.71. The predicted octanol–water partition coefficient (Wildman–Crippen LogP) is 2.35. The van der Waals surface area contributed by atoms with Crippen LogP contribution in [0, 0.1) is 0 Å². The topological polar surface area (TPSA) is 0 Å². The van der Waals surface area contributed by atoms with E-state index in [0.717, 1.165) is 5.56 Å². The minimum atomic E-state index is -1.28. The lowest BCUT2D eigenvalue weighted by Crippen LogP contribution is -1.87. The Labute approximate surface area is 81.1 Å². The summed E-state index contributed by atoms with van der Waals surface area (Å²) in [6.45, 7) is 0. The van der Waals surface area contributed by atoms with Gasteiger partial charge in [-0.05, 0) is 0 Å². The number of hydrogen-bond donors (Lipinski definition) is 0. The van der Waals surface area contributed by atoms with E-state index in [4.69, 9.17) is 0 Å². The summed E-state index contributed by atoms with van der Waals surface area (Å²) in [5, 5.41) is 0. The average Bonchev–Trinajstić information content (AvgIpc) is 1.91. The average molecular weight is 215 g/mol. The Kier molecular flexibility index (Phi) is 6.37. The molecule has 0 N–H and O–H groups in total. The summed E-state index contributed by atoms with van der Waals surface area (Å²) in [6.07, 6.45) is 0. The summed E-state index contributed by atoms with van der Waals surface area (Å²) in [7, 11) is 0. The fourth-order valence-corrected chi connectivity index (χ4v) is 1.31. The van der Waals surface area contributed by atoms with Crippen molar-refractivity contribution in [3.8, 4) is 0 Å². The van der Waals surface area contributed by atoms with Gasteiger partial charge >= 0.3 is 20.9 Å². The molecule has 0 fully saturated rings. The molecule has 0 saturated carbocycles. The molecule has 10 heavy (non-hydrogen) atoms. The number of rotatable bonds is 2. The molecule has 52 valence electrons. The fraction of sp³-hybridized carbons (Fsp3) is 0.143. The Balaban J connectivity index is 0.000000810. The van der Waals surface area contributed by atoms with Gasteiger partial charge in [0.25, 0.3) is 0 Å². The van der Waals surface area contributed by atoms with Gasteiger partial charge in [-0.15, -0.1) is 17.0 Å². The third-order valence-electron chi connectivity index (χ3n) is 1.23. The first-order valence-corrected chi connectivity index (χ1v) is 4.57. The van der Waals surface area contributed by atoms with Gasteiger partial charge in [0.05, 0.1) is 0 Å². The first kappa shape index (κ1) is 10.4. The highest BCUT2D eigenvalue weighted by Crippen LogP contribution is 1.97. The van der Waals surface area contributed by atoms with Crippen LogP contribution in [0.4, 0.5) is 2.96 Å². The molecule has 0 aromatic heterocycles. The highest BCUT2D eigenvalue weighted by Gasteiger charge is 1.94. The molecule has 0 radical (unpaired) electrons. The number of hydrogen-bond acceptors (Lipinski definition) is 0. The largest absolute Gasteiger partial charge is 0.619 e. The zero-order valence-electron chi connectivity index (χ0n) is 5.59. The van der Waals surface area contributed by atoms with Crippen molar-refractivity contribution in [2.75, 3.05) is 0 Å². The first-order chi connectivity index (χ1) is 4.43. The van der Waals surface area contributed by atoms with Crippen molar-refractivity contribution < 1.29 is 2.96 Å². The van der Waals surface area contributed by atoms with E-state index in [1.54, 1.807) is 0 Å². The molecule has 0 aliphatic rings. The SMILES string of the molecule is Br.[F][Mg][CH2]c1ccccc1. The summed E-state index contributed by atoms with van der Waals surface area (Å²) < 4.78 is 12.5. The second kappa shape index (κ2) is 6.13. The Bertz CT molecular complexity index is 167. The van der Waals surface area contributed by atoms with Gasteiger partial charge in [0, 0.05) is 0 Å². The maximum absolute atomic E-state index is 11.8. The maximum atomic E-state index is 11.8. The predicted molar refractivity (Wildman–Crippen MR) is 47.3 cm³/mol. The van der Waals surface area contributed by atoms with E-state index in [2.05, 4.69) is 0 Å². The molecule has 0 nitrogen and oxygen atoms in total. The molecule has 0 bridgehead atoms. The molecule has 3 heteroatoms. The van der Waals surface area contributed by atoms with E-state index in [9.17, 15) is 2.96 Å². The molecular formula is C7H8BrFMg. The van der Waals surface area contributed by atoms with Crippen LogP contribution in [0.3, 0.4) is 0 Å². The fourth-order valence-electron chi connectivity index (χ4n) is 0.754. The van der Waals surface area contributed by atoms with Crippen LogP contribution in [0.15, 0.2) is 30.3 Å². The molecule has 0 aliphatic heterocycles. The van der Waals surface area contributed by atoms with Gasteiger partial charge in [0.15, 0.2) is 0 Å². The van der Waals surface area contributed by atoms with Crippen molar-refractivity contribution in [2.45, 2.75) is 4.55 Å². The summed E-state index contributed by atoms with van der Waals surface area (Å²) in [5.74, 6) is 0. The summed E-state index contributed by atoms with van der Waals surface area (Å²) in [4.78, 5) is 0. The molecule has 0 amide bonds. The molecule has 1 aromatic carbocycles. The van der Waals surface area contributed by atoms with Gasteiger partial charge in [0.2, 0.25) is 0 Å². The summed E-state index contributed by atoms with van der Waals surface area (Å²) >= 11 is -1.28. The molecule has 0 aliphatic carbocycles. The molecule has 1 rings (SSSR count). The van der Waals surface area contributed by atoms with E-state index >= 15 is 0 Å². The molecule has 0 unspecified atom stereocenters. The standard InChI is InChI=1S/C7H7.BrH.FH.Mg/c1-7-5-3-2-4-6-7;;;/h2-6H,1H2;2*1H;/q;;;+1/p-1. The quantitative estimate of drug-likeness (QED) is 0.664. The lowest BCUT2D eigenvalue weighted by molar-refractivity contribution is 0.859. The van der Waals surface area contributed by atoms with E-state index in [-0.39, 0.29) is 17.0 Å². The van der Waals surface area contributed by atoms with Crippen molar-refractivity contribution in [1.82, 2.24) is 0 Å². The van der Waals surface area contributed by atoms with Gasteiger partial charge in [-0.2, -0.15) is 0 Å². The van der Waals surface area contributed by atoms with Crippen molar-refractivity contribution >= 4 is 37.9 Å². The second-order valence-corrected chi connectivity index (χ2v) is 2.80. The van der Waals surface area contributed by atoms with Gasteiger partial charge in [-0.25, -0.2) is 0 Å². The molecule has 0 spiro atoms. The van der Waals surface area contributed by atoms with Gasteiger partial charge in [0.1, 0.15) is 0 Å². The van der Waals surface area contributed by atoms with Gasteiger partial charge < -0.3 is 2.96 Å². The molecular weight excluding hydrogens is 207 g/mol. The minimum Gasteiger partial charge on any atom is -0.485 e. The van der Waals surface area contributed by atoms with Crippen LogP contribution >= 0.6 is 17.0 Å². The molecule has 0 saturated heterocycles. The Morgan fingerprint density at radius 3 is 2.30 bits per heavy atom. The monoisotopic (exact) mass is 214 g/mol. The summed E-state index contributed by atoms with van der Waals surface area (Å²) in [5.41, 5.74) is 1.13. The zero-order chi connectivity index (χ0) is 6.53. The van der Waals surface area contributed by atoms with Gasteiger partial charge in [-0.3, -0.25) is 0 Å². The van der Waals surface area contributed by atoms with E-state index in [0.29, 0.717) is 4.55 Å². The second-order valence-electron chi connectivity index (χ2n) is 1.92. The van der Waals surface area contributed by atoms with Crippen LogP contribution in [0.25, 0.3) is 0 Å². The highest BCUT2D eigenvalue weighted by molar-refractivity contribution is 8.93. The van der Waals surface area contributed by atoms with Gasteiger partial charge in [-0.1, -0.05) is 40.4 Å². The van der Waals surface area contributed by atoms with Crippen LogP contribution in [0.2, 0.25) is 0 Å². The Hall–Kier alpha value is 0.396. The van der Waals surface area contributed by atoms with E-state index < -0.39 is 20.9 Å². The van der Waals surface area contributed by atoms with Crippen LogP contribution < -0.4 is 0 Å². The molecule has 1 aromatic rings. The van der Waals surface area contributed by atoms with Crippen LogP contribution in [0.5, 0.6) is 0 Å². The lowest BCUT2D eigenvalue weighted by Gasteiger charge is -1.91. The number of halogens is 2. The molecule has 0 atom stereocenters. The highest BCUT2D eigenvalue weighted by atomic mass is 79.9. The summed E-state index contributed by atoms with van der Waals surface area (Å²) in [6, 6.07) is 9.77. The van der Waals surface area contributed by atoms with Crippen molar-refractivity contribution in [3.05, 3.63) is 35.9 Å². The first-order valence-electron chi connectivity index (χ1n) is 3.03. The van der Waals surface area contributed by atoms with Crippen LogP contribution in [-0.2, 0) is 4.55 Å². The Morgan fingerprint density at radius 1 is 1.20 bits per heavy atom. The van der Waals surface area contributed by atoms with Crippen LogP contribution in [-0.4, -0.2) is 20.9 Å². The van der Waals surface area contributed by atoms with Crippen molar-refractivity contribution in [3.63, 3.8) is 0 Å². The lowest BCUT2D eigenvalue weighted by atomic mass is 10.2. The smallest absolute Gasteiger partial charge is 0.485 e. The van der Waals surface area contributed by atoms with E-state index in [1.807, 2.05) is 30.3 Å². The maximum Gasteiger partial charge on any atom is 0.619 e.